The minimum atomic E-state index is -1.01. The number of benzene rings is 1. The van der Waals surface area contributed by atoms with Crippen molar-refractivity contribution in [1.29, 1.82) is 0 Å². The number of nitrogens with one attached hydrogen (secondary N) is 1. The number of aliphatic carboxylic acids is 2. The Hall–Kier alpha value is -2.96. The second-order valence-corrected chi connectivity index (χ2v) is 5.82. The van der Waals surface area contributed by atoms with E-state index in [1.54, 1.807) is 13.0 Å². The van der Waals surface area contributed by atoms with Gasteiger partial charge in [0, 0.05) is 11.1 Å². The fourth-order valence-electron chi connectivity index (χ4n) is 2.43. The lowest BCUT2D eigenvalue weighted by Crippen LogP contribution is -2.31. The van der Waals surface area contributed by atoms with Gasteiger partial charge < -0.3 is 10.2 Å². The van der Waals surface area contributed by atoms with Crippen molar-refractivity contribution in [2.75, 3.05) is 0 Å². The number of aromatic nitrogens is 3. The smallest absolute Gasteiger partial charge is 0.331 e. The number of rotatable bonds is 3. The SMILES string of the molecule is CC1(C(=O)O)CCC=C(C(=O)O)C1.c1ccc(-c2ncn[nH]2)cc1. The Balaban J connectivity index is 0.000000175. The molecule has 0 bridgehead atoms. The third kappa shape index (κ3) is 4.28. The van der Waals surface area contributed by atoms with Crippen LogP contribution in [0.3, 0.4) is 0 Å². The van der Waals surface area contributed by atoms with Crippen molar-refractivity contribution in [2.24, 2.45) is 5.41 Å². The first-order valence-corrected chi connectivity index (χ1v) is 7.49. The molecular weight excluding hydrogens is 310 g/mol. The summed E-state index contributed by atoms with van der Waals surface area (Å²) in [6.45, 7) is 1.59. The predicted molar refractivity (Wildman–Crippen MR) is 87.1 cm³/mol. The largest absolute Gasteiger partial charge is 0.481 e. The van der Waals surface area contributed by atoms with Crippen molar-refractivity contribution in [2.45, 2.75) is 26.2 Å². The molecule has 126 valence electrons. The molecule has 7 nitrogen and oxygen atoms in total. The van der Waals surface area contributed by atoms with Crippen LogP contribution in [0.1, 0.15) is 26.2 Å². The number of carbonyl (C=O) groups is 2. The van der Waals surface area contributed by atoms with E-state index in [2.05, 4.69) is 15.2 Å². The van der Waals surface area contributed by atoms with E-state index in [-0.39, 0.29) is 12.0 Å². The molecule has 3 rings (SSSR count). The van der Waals surface area contributed by atoms with Crippen molar-refractivity contribution in [3.05, 3.63) is 48.3 Å². The number of hydrogen-bond acceptors (Lipinski definition) is 4. The van der Waals surface area contributed by atoms with Gasteiger partial charge in [0.05, 0.1) is 5.41 Å². The molecule has 1 heterocycles. The van der Waals surface area contributed by atoms with E-state index in [9.17, 15) is 9.59 Å². The van der Waals surface area contributed by atoms with E-state index in [0.29, 0.717) is 12.8 Å². The van der Waals surface area contributed by atoms with Gasteiger partial charge in [-0.15, -0.1) is 0 Å². The molecule has 1 aromatic heterocycles. The van der Waals surface area contributed by atoms with Gasteiger partial charge in [0.1, 0.15) is 6.33 Å². The van der Waals surface area contributed by atoms with Gasteiger partial charge in [-0.3, -0.25) is 9.89 Å². The van der Waals surface area contributed by atoms with Crippen molar-refractivity contribution < 1.29 is 19.8 Å². The number of aromatic amines is 1. The first-order chi connectivity index (χ1) is 11.4. The third-order valence-corrected chi connectivity index (χ3v) is 3.92. The number of nitrogens with zero attached hydrogens (tertiary/aromatic N) is 2. The molecule has 7 heteroatoms. The van der Waals surface area contributed by atoms with Gasteiger partial charge in [0.15, 0.2) is 5.82 Å². The van der Waals surface area contributed by atoms with Crippen LogP contribution in [0.5, 0.6) is 0 Å². The first-order valence-electron chi connectivity index (χ1n) is 7.49. The molecule has 0 radical (unpaired) electrons. The second-order valence-electron chi connectivity index (χ2n) is 5.82. The molecule has 1 aliphatic carbocycles. The van der Waals surface area contributed by atoms with Gasteiger partial charge >= 0.3 is 11.9 Å². The molecule has 2 aromatic rings. The molecule has 3 N–H and O–H groups in total. The molecule has 0 saturated heterocycles. The Bertz CT molecular complexity index is 726. The fourth-order valence-corrected chi connectivity index (χ4v) is 2.43. The summed E-state index contributed by atoms with van der Waals surface area (Å²) in [6.07, 6.45) is 4.27. The molecule has 0 saturated carbocycles. The molecule has 1 unspecified atom stereocenters. The van der Waals surface area contributed by atoms with Crippen LogP contribution in [0.2, 0.25) is 0 Å². The fraction of sp³-hybridized carbons (Fsp3) is 0.294. The van der Waals surface area contributed by atoms with Gasteiger partial charge in [-0.1, -0.05) is 36.4 Å². The highest BCUT2D eigenvalue weighted by atomic mass is 16.4. The maximum atomic E-state index is 10.8. The van der Waals surface area contributed by atoms with E-state index in [4.69, 9.17) is 10.2 Å². The number of hydrogen-bond donors (Lipinski definition) is 3. The number of H-pyrrole nitrogens is 1. The number of carboxylic acid groups (broad SMARTS) is 2. The van der Waals surface area contributed by atoms with E-state index in [1.165, 1.54) is 6.33 Å². The average molecular weight is 329 g/mol. The Morgan fingerprint density at radius 3 is 2.46 bits per heavy atom. The highest BCUT2D eigenvalue weighted by Gasteiger charge is 2.37. The normalized spacial score (nSPS) is 19.6. The highest BCUT2D eigenvalue weighted by molar-refractivity contribution is 5.88. The van der Waals surface area contributed by atoms with Crippen LogP contribution >= 0.6 is 0 Å². The topological polar surface area (TPSA) is 116 Å². The van der Waals surface area contributed by atoms with Gasteiger partial charge in [0.25, 0.3) is 0 Å². The highest BCUT2D eigenvalue weighted by Crippen LogP contribution is 2.36. The van der Waals surface area contributed by atoms with Crippen LogP contribution in [0.15, 0.2) is 48.3 Å². The molecule has 0 amide bonds. The summed E-state index contributed by atoms with van der Waals surface area (Å²) in [4.78, 5) is 25.4. The Labute approximate surface area is 139 Å². The van der Waals surface area contributed by atoms with Crippen LogP contribution in [0.25, 0.3) is 11.4 Å². The molecule has 1 atom stereocenters. The monoisotopic (exact) mass is 329 g/mol. The third-order valence-electron chi connectivity index (χ3n) is 3.92. The van der Waals surface area contributed by atoms with E-state index >= 15 is 0 Å². The maximum absolute atomic E-state index is 10.8. The van der Waals surface area contributed by atoms with Crippen molar-refractivity contribution in [3.8, 4) is 11.4 Å². The molecule has 1 aromatic carbocycles. The van der Waals surface area contributed by atoms with Gasteiger partial charge in [-0.05, 0) is 26.2 Å². The lowest BCUT2D eigenvalue weighted by Gasteiger charge is -2.27. The Kier molecular flexibility index (Phi) is 5.47. The van der Waals surface area contributed by atoms with Gasteiger partial charge in [0.2, 0.25) is 0 Å². The zero-order valence-corrected chi connectivity index (χ0v) is 13.3. The van der Waals surface area contributed by atoms with Crippen LogP contribution < -0.4 is 0 Å². The van der Waals surface area contributed by atoms with Crippen molar-refractivity contribution in [3.63, 3.8) is 0 Å². The Morgan fingerprint density at radius 1 is 1.21 bits per heavy atom. The summed E-state index contributed by atoms with van der Waals surface area (Å²) in [6, 6.07) is 9.89. The quantitative estimate of drug-likeness (QED) is 0.797. The van der Waals surface area contributed by atoms with Crippen LogP contribution in [0.4, 0.5) is 0 Å². The Morgan fingerprint density at radius 2 is 1.92 bits per heavy atom. The minimum Gasteiger partial charge on any atom is -0.481 e. The molecule has 1 aliphatic rings. The lowest BCUT2D eigenvalue weighted by molar-refractivity contribution is -0.148. The summed E-state index contributed by atoms with van der Waals surface area (Å²) >= 11 is 0. The summed E-state index contributed by atoms with van der Waals surface area (Å²) in [7, 11) is 0. The zero-order chi connectivity index (χ0) is 17.6. The second kappa shape index (κ2) is 7.54. The number of carboxylic acids is 2. The van der Waals surface area contributed by atoms with Crippen LogP contribution in [0, 0.1) is 5.41 Å². The molecule has 0 fully saturated rings. The average Bonchev–Trinajstić information content (AvgIpc) is 3.11. The summed E-state index contributed by atoms with van der Waals surface area (Å²) < 4.78 is 0. The summed E-state index contributed by atoms with van der Waals surface area (Å²) in [5, 5.41) is 24.1. The zero-order valence-electron chi connectivity index (χ0n) is 13.3. The molecule has 0 spiro atoms. The molecular formula is C17H19N3O4. The van der Waals surface area contributed by atoms with Gasteiger partial charge in [-0.2, -0.15) is 5.10 Å². The molecule has 0 aliphatic heterocycles. The van der Waals surface area contributed by atoms with Crippen molar-refractivity contribution in [1.82, 2.24) is 15.2 Å². The summed E-state index contributed by atoms with van der Waals surface area (Å²) in [5.74, 6) is -1.11. The lowest BCUT2D eigenvalue weighted by atomic mass is 9.76. The minimum absolute atomic E-state index is 0.123. The van der Waals surface area contributed by atoms with Crippen LogP contribution in [-0.4, -0.2) is 37.3 Å². The van der Waals surface area contributed by atoms with Crippen LogP contribution in [-0.2, 0) is 9.59 Å². The standard InChI is InChI=1S/C9H12O4.C8H7N3/c1-9(8(12)13)4-2-3-6(5-9)7(10)11;1-2-4-7(5-3-1)8-9-6-10-11-8/h3H,2,4-5H2,1H3,(H,10,11)(H,12,13);1-6H,(H,9,10,11). The summed E-state index contributed by atoms with van der Waals surface area (Å²) in [5.41, 5.74) is 0.379. The van der Waals surface area contributed by atoms with E-state index < -0.39 is 17.4 Å². The first kappa shape index (κ1) is 17.4. The van der Waals surface area contributed by atoms with E-state index in [0.717, 1.165) is 11.4 Å². The van der Waals surface area contributed by atoms with Gasteiger partial charge in [-0.25, -0.2) is 9.78 Å². The molecule has 24 heavy (non-hydrogen) atoms. The van der Waals surface area contributed by atoms with Crippen molar-refractivity contribution >= 4 is 11.9 Å². The number of allylic oxidation sites excluding steroid dienone is 1. The predicted octanol–water partition coefficient (Wildman–Crippen LogP) is 2.74. The maximum Gasteiger partial charge on any atom is 0.331 e. The van der Waals surface area contributed by atoms with E-state index in [1.807, 2.05) is 30.3 Å².